The van der Waals surface area contributed by atoms with Gasteiger partial charge in [-0.05, 0) is 29.2 Å². The average molecular weight is 238 g/mol. The van der Waals surface area contributed by atoms with Crippen molar-refractivity contribution in [1.29, 1.82) is 0 Å². The zero-order valence-electron chi connectivity index (χ0n) is 10.8. The number of rotatable bonds is 4. The van der Waals surface area contributed by atoms with Crippen molar-refractivity contribution >= 4 is 11.9 Å². The second-order valence-corrected chi connectivity index (χ2v) is 4.56. The van der Waals surface area contributed by atoms with Crippen LogP contribution < -0.4 is 5.43 Å². The molecule has 2 heteroatoms. The predicted molar refractivity (Wildman–Crippen MR) is 78.2 cm³/mol. The molecule has 2 aromatic carbocycles. The molecule has 0 bridgehead atoms. The van der Waals surface area contributed by atoms with E-state index in [1.165, 1.54) is 5.56 Å². The molecule has 0 radical (unpaired) electrons. The van der Waals surface area contributed by atoms with Crippen molar-refractivity contribution in [2.24, 2.45) is 5.10 Å². The molecule has 0 aliphatic carbocycles. The second-order valence-electron chi connectivity index (χ2n) is 4.56. The van der Waals surface area contributed by atoms with Crippen molar-refractivity contribution in [3.63, 3.8) is 0 Å². The highest BCUT2D eigenvalue weighted by Gasteiger charge is 1.97. The van der Waals surface area contributed by atoms with Gasteiger partial charge in [0.2, 0.25) is 0 Å². The van der Waals surface area contributed by atoms with E-state index in [4.69, 9.17) is 0 Å². The summed E-state index contributed by atoms with van der Waals surface area (Å²) in [4.78, 5) is 0. The van der Waals surface area contributed by atoms with E-state index in [0.29, 0.717) is 5.92 Å². The molecule has 18 heavy (non-hydrogen) atoms. The number of hydrazone groups is 1. The van der Waals surface area contributed by atoms with Crippen LogP contribution in [-0.2, 0) is 0 Å². The number of hydrogen-bond donors (Lipinski definition) is 1. The number of anilines is 1. The van der Waals surface area contributed by atoms with Gasteiger partial charge >= 0.3 is 0 Å². The summed E-state index contributed by atoms with van der Waals surface area (Å²) in [5.41, 5.74) is 6.44. The molecule has 0 amide bonds. The Kier molecular flexibility index (Phi) is 4.13. The highest BCUT2D eigenvalue weighted by atomic mass is 15.3. The first-order valence-electron chi connectivity index (χ1n) is 6.20. The van der Waals surface area contributed by atoms with Gasteiger partial charge in [0.15, 0.2) is 0 Å². The Hall–Kier alpha value is -2.09. The first-order valence-corrected chi connectivity index (χ1v) is 6.20. The molecule has 2 nitrogen and oxygen atoms in total. The van der Waals surface area contributed by atoms with Crippen molar-refractivity contribution < 1.29 is 0 Å². The minimum absolute atomic E-state index is 0.568. The minimum Gasteiger partial charge on any atom is -0.279 e. The Bertz CT molecular complexity index is 498. The third-order valence-corrected chi connectivity index (χ3v) is 2.78. The van der Waals surface area contributed by atoms with Crippen LogP contribution in [0, 0.1) is 0 Å². The fourth-order valence-corrected chi connectivity index (χ4v) is 1.66. The zero-order valence-corrected chi connectivity index (χ0v) is 10.8. The summed E-state index contributed by atoms with van der Waals surface area (Å²) in [5, 5.41) is 4.21. The Labute approximate surface area is 108 Å². The molecule has 0 unspecified atom stereocenters. The third kappa shape index (κ3) is 3.45. The molecule has 0 saturated carbocycles. The van der Waals surface area contributed by atoms with Gasteiger partial charge in [0.1, 0.15) is 0 Å². The SMILES string of the molecule is CC(C)c1ccc(C=NNc2ccccc2)cc1. The smallest absolute Gasteiger partial charge is 0.0561 e. The van der Waals surface area contributed by atoms with Crippen LogP contribution in [0.15, 0.2) is 59.7 Å². The van der Waals surface area contributed by atoms with E-state index >= 15 is 0 Å². The Morgan fingerprint density at radius 2 is 1.61 bits per heavy atom. The lowest BCUT2D eigenvalue weighted by Crippen LogP contribution is -1.91. The number of benzene rings is 2. The van der Waals surface area contributed by atoms with Crippen molar-refractivity contribution in [2.45, 2.75) is 19.8 Å². The molecule has 0 fully saturated rings. The fraction of sp³-hybridized carbons (Fsp3) is 0.188. The normalized spacial score (nSPS) is 11.1. The largest absolute Gasteiger partial charge is 0.279 e. The van der Waals surface area contributed by atoms with Gasteiger partial charge in [-0.2, -0.15) is 5.10 Å². The Morgan fingerprint density at radius 1 is 0.944 bits per heavy atom. The highest BCUT2D eigenvalue weighted by Crippen LogP contribution is 2.14. The van der Waals surface area contributed by atoms with Crippen LogP contribution >= 0.6 is 0 Å². The van der Waals surface area contributed by atoms with E-state index in [9.17, 15) is 0 Å². The molecule has 1 N–H and O–H groups in total. The van der Waals surface area contributed by atoms with E-state index in [0.717, 1.165) is 11.3 Å². The standard InChI is InChI=1S/C16H18N2/c1-13(2)15-10-8-14(9-11-15)12-17-18-16-6-4-3-5-7-16/h3-13,18H,1-2H3. The predicted octanol–water partition coefficient (Wildman–Crippen LogP) is 4.26. The molecule has 92 valence electrons. The summed E-state index contributed by atoms with van der Waals surface area (Å²) in [7, 11) is 0. The molecule has 0 atom stereocenters. The Balaban J connectivity index is 1.97. The summed E-state index contributed by atoms with van der Waals surface area (Å²) in [6.07, 6.45) is 1.83. The van der Waals surface area contributed by atoms with Gasteiger partial charge in [-0.3, -0.25) is 5.43 Å². The van der Waals surface area contributed by atoms with E-state index in [1.54, 1.807) is 0 Å². The maximum Gasteiger partial charge on any atom is 0.0561 e. The zero-order chi connectivity index (χ0) is 12.8. The number of hydrogen-bond acceptors (Lipinski definition) is 2. The molecule has 0 aromatic heterocycles. The lowest BCUT2D eigenvalue weighted by atomic mass is 10.0. The van der Waals surface area contributed by atoms with Crippen molar-refractivity contribution in [3.8, 4) is 0 Å². The first-order chi connectivity index (χ1) is 8.75. The van der Waals surface area contributed by atoms with Crippen LogP contribution in [0.1, 0.15) is 30.9 Å². The molecule has 2 aromatic rings. The summed E-state index contributed by atoms with van der Waals surface area (Å²) in [5.74, 6) is 0.568. The molecule has 0 aliphatic heterocycles. The summed E-state index contributed by atoms with van der Waals surface area (Å²) in [6.45, 7) is 4.39. The van der Waals surface area contributed by atoms with Crippen LogP contribution in [0.4, 0.5) is 5.69 Å². The van der Waals surface area contributed by atoms with Gasteiger partial charge in [0.25, 0.3) is 0 Å². The first kappa shape index (κ1) is 12.4. The molecular weight excluding hydrogens is 220 g/mol. The van der Waals surface area contributed by atoms with Gasteiger partial charge < -0.3 is 0 Å². The number of nitrogens with zero attached hydrogens (tertiary/aromatic N) is 1. The maximum absolute atomic E-state index is 4.21. The van der Waals surface area contributed by atoms with Gasteiger partial charge in [0.05, 0.1) is 11.9 Å². The minimum atomic E-state index is 0.568. The van der Waals surface area contributed by atoms with Crippen LogP contribution in [0.25, 0.3) is 0 Å². The monoisotopic (exact) mass is 238 g/mol. The van der Waals surface area contributed by atoms with Crippen molar-refractivity contribution in [3.05, 3.63) is 65.7 Å². The highest BCUT2D eigenvalue weighted by molar-refractivity contribution is 5.80. The van der Waals surface area contributed by atoms with Gasteiger partial charge in [-0.1, -0.05) is 56.3 Å². The summed E-state index contributed by atoms with van der Waals surface area (Å²) < 4.78 is 0. The van der Waals surface area contributed by atoms with Crippen LogP contribution in [0.5, 0.6) is 0 Å². The van der Waals surface area contributed by atoms with E-state index in [2.05, 4.69) is 48.6 Å². The van der Waals surface area contributed by atoms with Gasteiger partial charge in [-0.15, -0.1) is 0 Å². The maximum atomic E-state index is 4.21. The summed E-state index contributed by atoms with van der Waals surface area (Å²) >= 11 is 0. The lowest BCUT2D eigenvalue weighted by Gasteiger charge is -2.04. The Morgan fingerprint density at radius 3 is 2.22 bits per heavy atom. The van der Waals surface area contributed by atoms with Crippen molar-refractivity contribution in [2.75, 3.05) is 5.43 Å². The van der Waals surface area contributed by atoms with Crippen LogP contribution in [0.2, 0.25) is 0 Å². The summed E-state index contributed by atoms with van der Waals surface area (Å²) in [6, 6.07) is 18.4. The van der Waals surface area contributed by atoms with Crippen LogP contribution in [0.3, 0.4) is 0 Å². The third-order valence-electron chi connectivity index (χ3n) is 2.78. The molecule has 0 saturated heterocycles. The molecule has 0 spiro atoms. The van der Waals surface area contributed by atoms with E-state index < -0.39 is 0 Å². The van der Waals surface area contributed by atoms with Crippen LogP contribution in [-0.4, -0.2) is 6.21 Å². The molecular formula is C16H18N2. The second kappa shape index (κ2) is 6.01. The van der Waals surface area contributed by atoms with E-state index in [1.807, 2.05) is 36.5 Å². The average Bonchev–Trinajstić information content (AvgIpc) is 2.40. The van der Waals surface area contributed by atoms with Crippen molar-refractivity contribution in [1.82, 2.24) is 0 Å². The molecule has 2 rings (SSSR count). The fourth-order valence-electron chi connectivity index (χ4n) is 1.66. The van der Waals surface area contributed by atoms with Gasteiger partial charge in [0, 0.05) is 0 Å². The van der Waals surface area contributed by atoms with Gasteiger partial charge in [-0.25, -0.2) is 0 Å². The number of nitrogens with one attached hydrogen (secondary N) is 1. The van der Waals surface area contributed by atoms with E-state index in [-0.39, 0.29) is 0 Å². The molecule has 0 aliphatic rings. The quantitative estimate of drug-likeness (QED) is 0.624. The lowest BCUT2D eigenvalue weighted by molar-refractivity contribution is 0.866. The number of para-hydroxylation sites is 1. The molecule has 0 heterocycles. The topological polar surface area (TPSA) is 24.4 Å².